The number of rotatable bonds is 31. The third kappa shape index (κ3) is 21.0. The first-order valence-corrected chi connectivity index (χ1v) is 30.5. The maximum Gasteiger partial charge on any atom is 0.320 e. The van der Waals surface area contributed by atoms with E-state index in [1.165, 1.54) is 25.7 Å². The van der Waals surface area contributed by atoms with E-state index in [0.717, 1.165) is 163 Å². The monoisotopic (exact) mass is 1160 g/mol. The molecule has 0 aromatic rings. The van der Waals surface area contributed by atoms with Crippen molar-refractivity contribution in [2.24, 2.45) is 11.5 Å². The first kappa shape index (κ1) is 64.5. The lowest BCUT2D eigenvalue weighted by Gasteiger charge is -2.22. The van der Waals surface area contributed by atoms with Crippen molar-refractivity contribution in [1.82, 2.24) is 90.7 Å². The lowest BCUT2D eigenvalue weighted by Crippen LogP contribution is -2.41. The Morgan fingerprint density at radius 2 is 0.415 bits per heavy atom. The van der Waals surface area contributed by atoms with Crippen molar-refractivity contribution in [3.8, 4) is 0 Å². The minimum absolute atomic E-state index is 0.000731. The van der Waals surface area contributed by atoms with Gasteiger partial charge in [-0.25, -0.2) is 43.2 Å². The molecule has 0 radical (unpaired) electrons. The molecule has 9 heterocycles. The lowest BCUT2D eigenvalue weighted by atomic mass is 10.1. The normalized spacial score (nSPS) is 19.8. The fourth-order valence-corrected chi connectivity index (χ4v) is 11.1. The third-order valence-corrected chi connectivity index (χ3v) is 16.1. The molecule has 0 unspecified atom stereocenters. The van der Waals surface area contributed by atoms with Gasteiger partial charge in [0.2, 0.25) is 0 Å². The van der Waals surface area contributed by atoms with Crippen molar-refractivity contribution in [2.75, 3.05) is 209 Å². The Bertz CT molecular complexity index is 1990. The zero-order valence-corrected chi connectivity index (χ0v) is 48.8. The summed E-state index contributed by atoms with van der Waals surface area (Å²) in [5, 5.41) is 16.7. The van der Waals surface area contributed by atoms with Crippen molar-refractivity contribution in [2.45, 2.75) is 77.0 Å². The summed E-state index contributed by atoms with van der Waals surface area (Å²) in [6.45, 7) is 23.3. The highest BCUT2D eigenvalue weighted by molar-refractivity contribution is 5.80. The van der Waals surface area contributed by atoms with Gasteiger partial charge in [-0.1, -0.05) is 32.1 Å². The Morgan fingerprint density at radius 1 is 0.220 bits per heavy atom. The molecule has 29 heteroatoms. The SMILES string of the molecule is NCCCCCN1CCN(CCN2CCNC2=O)C1=O.NCCN1CCN(CCCCCN2CCNC2=O)C1=O.O=C1NCCN1CCCCCCCCN1CCNC1=O.O=C1NCCN1CCN1CCN(CCN2CCNC2=O)C1=O. The molecule has 0 bridgehead atoms. The average molecular weight is 1160 g/mol. The van der Waals surface area contributed by atoms with Crippen LogP contribution in [0.2, 0.25) is 0 Å². The van der Waals surface area contributed by atoms with Crippen molar-refractivity contribution in [1.29, 1.82) is 0 Å². The number of unbranched alkanes of at least 4 members (excludes halogenated alkanes) is 9. The van der Waals surface area contributed by atoms with E-state index in [9.17, 15) is 43.2 Å². The number of carbonyl (C=O) groups is 9. The molecule has 0 aromatic heterocycles. The van der Waals surface area contributed by atoms with Crippen LogP contribution in [0, 0.1) is 0 Å². The molecule has 0 aliphatic carbocycles. The van der Waals surface area contributed by atoms with Crippen molar-refractivity contribution >= 4 is 54.3 Å². The topological polar surface area (TPSA) is 317 Å². The molecule has 29 nitrogen and oxygen atoms in total. The molecular weight excluding hydrogens is 1060 g/mol. The van der Waals surface area contributed by atoms with Gasteiger partial charge in [0.05, 0.1) is 0 Å². The fourth-order valence-electron chi connectivity index (χ4n) is 11.1. The van der Waals surface area contributed by atoms with E-state index < -0.39 is 0 Å². The van der Waals surface area contributed by atoms with Gasteiger partial charge in [0.1, 0.15) is 0 Å². The van der Waals surface area contributed by atoms with E-state index in [2.05, 4.69) is 31.9 Å². The van der Waals surface area contributed by atoms with E-state index in [4.69, 9.17) is 11.5 Å². The Morgan fingerprint density at radius 3 is 0.659 bits per heavy atom. The largest absolute Gasteiger partial charge is 0.336 e. The third-order valence-electron chi connectivity index (χ3n) is 16.1. The second kappa shape index (κ2) is 35.4. The molecule has 9 fully saturated rings. The van der Waals surface area contributed by atoms with Crippen LogP contribution >= 0.6 is 0 Å². The minimum Gasteiger partial charge on any atom is -0.336 e. The molecule has 0 spiro atoms. The number of hydrogen-bond acceptors (Lipinski definition) is 11. The van der Waals surface area contributed by atoms with Crippen LogP contribution in [0.5, 0.6) is 0 Å². The summed E-state index contributed by atoms with van der Waals surface area (Å²) in [6.07, 6.45) is 13.2. The lowest BCUT2D eigenvalue weighted by molar-refractivity contribution is 0.179. The van der Waals surface area contributed by atoms with Crippen LogP contribution in [-0.2, 0) is 0 Å². The number of nitrogens with zero attached hydrogens (tertiary/aromatic N) is 12. The summed E-state index contributed by atoms with van der Waals surface area (Å²) >= 11 is 0. The van der Waals surface area contributed by atoms with Gasteiger partial charge in [-0.05, 0) is 51.5 Å². The number of urea groups is 9. The zero-order chi connectivity index (χ0) is 58.5. The van der Waals surface area contributed by atoms with Gasteiger partial charge in [-0.2, -0.15) is 0 Å². The number of nitrogens with two attached hydrogens (primary N) is 2. The number of nitrogens with one attached hydrogen (secondary N) is 6. The molecule has 0 aromatic carbocycles. The highest BCUT2D eigenvalue weighted by Crippen LogP contribution is 2.15. The van der Waals surface area contributed by atoms with Crippen LogP contribution < -0.4 is 43.4 Å². The van der Waals surface area contributed by atoms with Gasteiger partial charge in [-0.15, -0.1) is 0 Å². The smallest absolute Gasteiger partial charge is 0.320 e. The minimum atomic E-state index is -0.0523. The van der Waals surface area contributed by atoms with Gasteiger partial charge < -0.3 is 102 Å². The van der Waals surface area contributed by atoms with Crippen LogP contribution in [0.25, 0.3) is 0 Å². The standard InChI is InChI=1S/C14H26N4O2.C13H22N6O3.2C13H25N5O2/c19-13-15-7-11-17(13)9-5-3-1-2-4-6-10-18-12-8-16-14(18)20;20-11-14-1-3-16(11)5-7-18-9-10-19(13(18)22)8-6-17-4-2-15-12(17)21;14-4-8-18-11-10-17(13(18)20)7-3-1-2-6-16-9-5-15-12(16)19;14-4-2-1-3-6-17-10-11-18(13(17)20)9-8-16-7-5-15-12(16)19/h1-12H2,(H,15,19)(H,16,20);1-10H2,(H,14,20)(H,15,21);2*1-11,14H2,(H,15,19). The molecule has 0 atom stereocenters. The van der Waals surface area contributed by atoms with Crippen molar-refractivity contribution < 1.29 is 43.2 Å². The molecule has 9 saturated heterocycles. The molecule has 9 rings (SSSR count). The molecule has 0 saturated carbocycles. The number of amides is 18. The summed E-state index contributed by atoms with van der Waals surface area (Å²) < 4.78 is 0. The number of hydrogen-bond donors (Lipinski definition) is 8. The summed E-state index contributed by atoms with van der Waals surface area (Å²) in [5.74, 6) is 0. The quantitative estimate of drug-likeness (QED) is 0.0424. The Hall–Kier alpha value is -6.65. The molecule has 10 N–H and O–H groups in total. The van der Waals surface area contributed by atoms with Gasteiger partial charge in [0.15, 0.2) is 0 Å². The Balaban J connectivity index is 0.000000176. The van der Waals surface area contributed by atoms with Gasteiger partial charge in [-0.3, -0.25) is 0 Å². The summed E-state index contributed by atoms with van der Waals surface area (Å²) in [4.78, 5) is 127. The Kier molecular flexibility index (Phi) is 27.8. The van der Waals surface area contributed by atoms with Gasteiger partial charge >= 0.3 is 54.3 Å². The first-order chi connectivity index (χ1) is 39.9. The van der Waals surface area contributed by atoms with E-state index >= 15 is 0 Å². The predicted molar refractivity (Wildman–Crippen MR) is 309 cm³/mol. The second-order valence-corrected chi connectivity index (χ2v) is 21.9. The van der Waals surface area contributed by atoms with E-state index in [1.807, 2.05) is 34.3 Å². The van der Waals surface area contributed by atoms with E-state index in [1.54, 1.807) is 24.5 Å². The zero-order valence-electron chi connectivity index (χ0n) is 48.8. The van der Waals surface area contributed by atoms with Crippen LogP contribution in [-0.4, -0.2) is 323 Å². The summed E-state index contributed by atoms with van der Waals surface area (Å²) in [7, 11) is 0. The molecular formula is C53H98N20O9. The molecule has 9 aliphatic rings. The fraction of sp³-hybridized carbons (Fsp3) is 0.830. The highest BCUT2D eigenvalue weighted by Gasteiger charge is 2.33. The molecule has 464 valence electrons. The van der Waals surface area contributed by atoms with Crippen LogP contribution in [0.4, 0.5) is 43.2 Å². The first-order valence-electron chi connectivity index (χ1n) is 30.5. The molecule has 82 heavy (non-hydrogen) atoms. The van der Waals surface area contributed by atoms with Gasteiger partial charge in [0, 0.05) is 203 Å². The van der Waals surface area contributed by atoms with E-state index in [-0.39, 0.29) is 54.3 Å². The summed E-state index contributed by atoms with van der Waals surface area (Å²) in [5.41, 5.74) is 10.9. The number of carbonyl (C=O) groups excluding carboxylic acids is 9. The average Bonchev–Trinajstić information content (AvgIpc) is 4.43. The van der Waals surface area contributed by atoms with Crippen molar-refractivity contribution in [3.05, 3.63) is 0 Å². The van der Waals surface area contributed by atoms with Crippen molar-refractivity contribution in [3.63, 3.8) is 0 Å². The highest BCUT2D eigenvalue weighted by atomic mass is 16.2. The molecule has 18 amide bonds. The maximum atomic E-state index is 12.3. The summed E-state index contributed by atoms with van der Waals surface area (Å²) in [6, 6.07) is 0.341. The second-order valence-electron chi connectivity index (χ2n) is 21.9. The van der Waals surface area contributed by atoms with Gasteiger partial charge in [0.25, 0.3) is 0 Å². The maximum absolute atomic E-state index is 12.3. The van der Waals surface area contributed by atoms with Crippen LogP contribution in [0.15, 0.2) is 0 Å². The van der Waals surface area contributed by atoms with Crippen LogP contribution in [0.1, 0.15) is 77.0 Å². The predicted octanol–water partition coefficient (Wildman–Crippen LogP) is -0.0918. The van der Waals surface area contributed by atoms with Crippen LogP contribution in [0.3, 0.4) is 0 Å². The Labute approximate surface area is 484 Å². The molecule has 9 aliphatic heterocycles. The van der Waals surface area contributed by atoms with E-state index in [0.29, 0.717) is 98.2 Å².